The maximum atomic E-state index is 3.80. The Kier molecular flexibility index (Phi) is 5.60. The van der Waals surface area contributed by atoms with Gasteiger partial charge in [0.2, 0.25) is 0 Å². The summed E-state index contributed by atoms with van der Waals surface area (Å²) in [5, 5.41) is 3.80. The molecular formula is C22H43N3. The first-order valence-corrected chi connectivity index (χ1v) is 10.8. The Labute approximate surface area is 156 Å². The average Bonchev–Trinajstić information content (AvgIpc) is 2.46. The van der Waals surface area contributed by atoms with Crippen molar-refractivity contribution in [3.63, 3.8) is 0 Å². The zero-order chi connectivity index (χ0) is 18.3. The lowest BCUT2D eigenvalue weighted by molar-refractivity contribution is -0.00972. The van der Waals surface area contributed by atoms with Crippen molar-refractivity contribution >= 4 is 0 Å². The Balaban J connectivity index is 1.36. The van der Waals surface area contributed by atoms with Crippen molar-refractivity contribution in [2.24, 2.45) is 11.3 Å². The Bertz CT molecular complexity index is 421. The molecule has 3 aliphatic rings. The van der Waals surface area contributed by atoms with Crippen LogP contribution in [0, 0.1) is 11.3 Å². The van der Waals surface area contributed by atoms with Crippen molar-refractivity contribution in [1.82, 2.24) is 15.1 Å². The maximum absolute atomic E-state index is 3.80. The van der Waals surface area contributed by atoms with Gasteiger partial charge in [0, 0.05) is 23.7 Å². The second-order valence-corrected chi connectivity index (χ2v) is 11.4. The Morgan fingerprint density at radius 3 is 1.92 bits per heavy atom. The normalized spacial score (nSPS) is 27.6. The van der Waals surface area contributed by atoms with Gasteiger partial charge in [0.25, 0.3) is 0 Å². The van der Waals surface area contributed by atoms with Gasteiger partial charge >= 0.3 is 0 Å². The van der Waals surface area contributed by atoms with Gasteiger partial charge in [-0.15, -0.1) is 0 Å². The van der Waals surface area contributed by atoms with E-state index in [1.807, 2.05) is 0 Å². The first kappa shape index (κ1) is 19.6. The summed E-state index contributed by atoms with van der Waals surface area (Å²) in [5.41, 5.74) is 1.31. The summed E-state index contributed by atoms with van der Waals surface area (Å²) in [4.78, 5) is 5.46. The number of hydrogen-bond donors (Lipinski definition) is 1. The van der Waals surface area contributed by atoms with Crippen LogP contribution >= 0.6 is 0 Å². The third kappa shape index (κ3) is 5.20. The molecule has 3 rings (SSSR count). The topological polar surface area (TPSA) is 18.5 Å². The molecule has 0 unspecified atom stereocenters. The summed E-state index contributed by atoms with van der Waals surface area (Å²) in [5.74, 6) is 0.935. The molecule has 0 amide bonds. The molecule has 3 nitrogen and oxygen atoms in total. The molecule has 0 aromatic carbocycles. The van der Waals surface area contributed by atoms with Crippen molar-refractivity contribution in [3.8, 4) is 0 Å². The fourth-order valence-corrected chi connectivity index (χ4v) is 5.47. The minimum atomic E-state index is 0.273. The second-order valence-electron chi connectivity index (χ2n) is 11.4. The van der Waals surface area contributed by atoms with E-state index in [4.69, 9.17) is 0 Å². The molecule has 1 saturated carbocycles. The fourth-order valence-electron chi connectivity index (χ4n) is 5.47. The molecule has 2 aliphatic heterocycles. The predicted octanol–water partition coefficient (Wildman–Crippen LogP) is 4.13. The van der Waals surface area contributed by atoms with Crippen molar-refractivity contribution in [1.29, 1.82) is 0 Å². The van der Waals surface area contributed by atoms with Crippen LogP contribution in [0.25, 0.3) is 0 Å². The Morgan fingerprint density at radius 1 is 0.880 bits per heavy atom. The summed E-state index contributed by atoms with van der Waals surface area (Å²) in [6, 6.07) is 0.772. The van der Waals surface area contributed by atoms with Crippen LogP contribution in [-0.2, 0) is 0 Å². The lowest BCUT2D eigenvalue weighted by atomic mass is 9.60. The Hall–Kier alpha value is -0.120. The molecule has 0 bridgehead atoms. The van der Waals surface area contributed by atoms with Crippen LogP contribution in [0.5, 0.6) is 0 Å². The molecule has 1 N–H and O–H groups in total. The molecule has 3 heteroatoms. The van der Waals surface area contributed by atoms with Gasteiger partial charge in [0.05, 0.1) is 0 Å². The summed E-state index contributed by atoms with van der Waals surface area (Å²) in [6.45, 7) is 20.6. The molecule has 25 heavy (non-hydrogen) atoms. The summed E-state index contributed by atoms with van der Waals surface area (Å²) >= 11 is 0. The molecule has 0 aromatic heterocycles. The van der Waals surface area contributed by atoms with E-state index in [1.165, 1.54) is 71.2 Å². The van der Waals surface area contributed by atoms with E-state index in [2.05, 4.69) is 56.7 Å². The van der Waals surface area contributed by atoms with Gasteiger partial charge in [-0.05, 0) is 118 Å². The molecule has 0 aromatic rings. The summed E-state index contributed by atoms with van der Waals surface area (Å²) in [6.07, 6.45) is 8.52. The second kappa shape index (κ2) is 7.13. The largest absolute Gasteiger partial charge is 0.309 e. The summed E-state index contributed by atoms with van der Waals surface area (Å²) < 4.78 is 0. The standard InChI is InChI=1S/C22H43N3/c1-20(2,3)23-19-15-22(16-19)9-13-24(14-10-22)17-18-7-11-25(12-8-18)21(4,5)6/h18-19,23H,7-17H2,1-6H3. The minimum absolute atomic E-state index is 0.273. The van der Waals surface area contributed by atoms with Crippen molar-refractivity contribution < 1.29 is 0 Å². The molecule has 146 valence electrons. The number of rotatable bonds is 3. The first-order chi connectivity index (χ1) is 11.5. The zero-order valence-electron chi connectivity index (χ0n) is 17.8. The molecular weight excluding hydrogens is 306 g/mol. The van der Waals surface area contributed by atoms with Gasteiger partial charge in [-0.1, -0.05) is 0 Å². The van der Waals surface area contributed by atoms with Crippen LogP contribution in [0.15, 0.2) is 0 Å². The molecule has 2 heterocycles. The number of nitrogens with zero attached hydrogens (tertiary/aromatic N) is 2. The van der Waals surface area contributed by atoms with Gasteiger partial charge in [0.15, 0.2) is 0 Å². The van der Waals surface area contributed by atoms with E-state index >= 15 is 0 Å². The zero-order valence-corrected chi connectivity index (χ0v) is 17.8. The van der Waals surface area contributed by atoms with E-state index < -0.39 is 0 Å². The SMILES string of the molecule is CC(C)(C)NC1CC2(CCN(CC3CCN(C(C)(C)C)CC3)CC2)C1. The number of nitrogens with one attached hydrogen (secondary N) is 1. The molecule has 3 fully saturated rings. The van der Waals surface area contributed by atoms with E-state index in [0.29, 0.717) is 11.0 Å². The van der Waals surface area contributed by atoms with Crippen LogP contribution in [0.4, 0.5) is 0 Å². The highest BCUT2D eigenvalue weighted by Gasteiger charge is 2.46. The lowest BCUT2D eigenvalue weighted by Gasteiger charge is -2.54. The van der Waals surface area contributed by atoms with Crippen molar-refractivity contribution in [3.05, 3.63) is 0 Å². The molecule has 0 radical (unpaired) electrons. The van der Waals surface area contributed by atoms with Crippen LogP contribution in [0.1, 0.15) is 80.1 Å². The van der Waals surface area contributed by atoms with Gasteiger partial charge in [0.1, 0.15) is 0 Å². The van der Waals surface area contributed by atoms with Crippen LogP contribution < -0.4 is 5.32 Å². The average molecular weight is 350 g/mol. The van der Waals surface area contributed by atoms with Crippen LogP contribution in [0.3, 0.4) is 0 Å². The predicted molar refractivity (Wildman–Crippen MR) is 108 cm³/mol. The third-order valence-corrected chi connectivity index (χ3v) is 6.99. The highest BCUT2D eigenvalue weighted by Crippen LogP contribution is 2.49. The van der Waals surface area contributed by atoms with Crippen molar-refractivity contribution in [2.45, 2.75) is 97.2 Å². The number of hydrogen-bond acceptors (Lipinski definition) is 3. The van der Waals surface area contributed by atoms with E-state index in [-0.39, 0.29) is 5.54 Å². The van der Waals surface area contributed by atoms with Gasteiger partial charge < -0.3 is 10.2 Å². The van der Waals surface area contributed by atoms with Gasteiger partial charge in [-0.3, -0.25) is 4.90 Å². The Morgan fingerprint density at radius 2 is 1.44 bits per heavy atom. The molecule has 0 atom stereocenters. The van der Waals surface area contributed by atoms with Crippen LogP contribution in [0.2, 0.25) is 0 Å². The highest BCUT2D eigenvalue weighted by molar-refractivity contribution is 5.02. The fraction of sp³-hybridized carbons (Fsp3) is 1.00. The van der Waals surface area contributed by atoms with E-state index in [1.54, 1.807) is 0 Å². The van der Waals surface area contributed by atoms with Gasteiger partial charge in [-0.2, -0.15) is 0 Å². The molecule has 2 saturated heterocycles. The van der Waals surface area contributed by atoms with Crippen LogP contribution in [-0.4, -0.2) is 59.6 Å². The molecule has 1 spiro atoms. The van der Waals surface area contributed by atoms with E-state index in [0.717, 1.165) is 12.0 Å². The van der Waals surface area contributed by atoms with Crippen molar-refractivity contribution in [2.75, 3.05) is 32.7 Å². The highest BCUT2D eigenvalue weighted by atomic mass is 15.2. The lowest BCUT2D eigenvalue weighted by Crippen LogP contribution is -2.57. The number of likely N-dealkylation sites (tertiary alicyclic amines) is 2. The smallest absolute Gasteiger partial charge is 0.0125 e. The first-order valence-electron chi connectivity index (χ1n) is 10.8. The number of piperidine rings is 2. The van der Waals surface area contributed by atoms with E-state index in [9.17, 15) is 0 Å². The van der Waals surface area contributed by atoms with Gasteiger partial charge in [-0.25, -0.2) is 0 Å². The molecule has 1 aliphatic carbocycles. The summed E-state index contributed by atoms with van der Waals surface area (Å²) in [7, 11) is 0. The maximum Gasteiger partial charge on any atom is 0.0125 e. The monoisotopic (exact) mass is 349 g/mol. The third-order valence-electron chi connectivity index (χ3n) is 6.99. The quantitative estimate of drug-likeness (QED) is 0.826. The minimum Gasteiger partial charge on any atom is -0.309 e.